The Bertz CT molecular complexity index is 1340. The number of imidazole rings is 1. The van der Waals surface area contributed by atoms with Crippen molar-refractivity contribution in [3.63, 3.8) is 0 Å². The van der Waals surface area contributed by atoms with Gasteiger partial charge in [0.2, 0.25) is 5.60 Å². The molecule has 1 atom stereocenters. The third kappa shape index (κ3) is 4.12. The lowest BCUT2D eigenvalue weighted by atomic mass is 9.89. The third-order valence-corrected chi connectivity index (χ3v) is 5.34. The SMILES string of the molecule is COC(=O)c1ccc(C2=CC(c3cc(C(F)(F)F)cc(C(F)(F)F)c3)(C(F)(F)F)ON2)n2ccnc12. The highest BCUT2D eigenvalue weighted by atomic mass is 19.4. The van der Waals surface area contributed by atoms with Gasteiger partial charge in [0, 0.05) is 18.0 Å². The average molecular weight is 525 g/mol. The van der Waals surface area contributed by atoms with E-state index in [1.165, 1.54) is 24.5 Å². The van der Waals surface area contributed by atoms with Crippen molar-refractivity contribution >= 4 is 17.3 Å². The van der Waals surface area contributed by atoms with E-state index in [1.54, 1.807) is 0 Å². The van der Waals surface area contributed by atoms with Gasteiger partial charge in [0.1, 0.15) is 5.56 Å². The Kier molecular flexibility index (Phi) is 5.73. The Morgan fingerprint density at radius 2 is 1.61 bits per heavy atom. The third-order valence-electron chi connectivity index (χ3n) is 5.34. The number of nitrogens with zero attached hydrogens (tertiary/aromatic N) is 2. The number of hydrogen-bond acceptors (Lipinski definition) is 5. The quantitative estimate of drug-likeness (QED) is 0.362. The minimum Gasteiger partial charge on any atom is -0.465 e. The summed E-state index contributed by atoms with van der Waals surface area (Å²) in [7, 11) is 1.09. The predicted octanol–water partition coefficient (Wildman–Crippen LogP) is 5.49. The predicted molar refractivity (Wildman–Crippen MR) is 103 cm³/mol. The Morgan fingerprint density at radius 3 is 2.14 bits per heavy atom. The zero-order chi connectivity index (χ0) is 26.7. The van der Waals surface area contributed by atoms with Crippen molar-refractivity contribution in [1.29, 1.82) is 0 Å². The topological polar surface area (TPSA) is 64.9 Å². The summed E-state index contributed by atoms with van der Waals surface area (Å²) in [6.45, 7) is 0. The van der Waals surface area contributed by atoms with Gasteiger partial charge in [-0.3, -0.25) is 14.7 Å². The molecule has 0 spiro atoms. The zero-order valence-corrected chi connectivity index (χ0v) is 17.6. The number of carbonyl (C=O) groups excluding carboxylic acids is 1. The van der Waals surface area contributed by atoms with Gasteiger partial charge in [0.25, 0.3) is 0 Å². The molecule has 1 unspecified atom stereocenters. The van der Waals surface area contributed by atoms with Gasteiger partial charge in [-0.25, -0.2) is 9.78 Å². The van der Waals surface area contributed by atoms with Gasteiger partial charge in [0.15, 0.2) is 5.65 Å². The number of ether oxygens (including phenoxy) is 1. The lowest BCUT2D eigenvalue weighted by Gasteiger charge is -2.29. The highest BCUT2D eigenvalue weighted by Gasteiger charge is 2.60. The van der Waals surface area contributed by atoms with Gasteiger partial charge >= 0.3 is 24.5 Å². The number of fused-ring (bicyclic) bond motifs is 1. The highest BCUT2D eigenvalue weighted by molar-refractivity contribution is 5.96. The lowest BCUT2D eigenvalue weighted by molar-refractivity contribution is -0.269. The summed E-state index contributed by atoms with van der Waals surface area (Å²) in [5.41, 5.74) is -7.77. The van der Waals surface area contributed by atoms with E-state index < -0.39 is 52.5 Å². The fraction of sp³-hybridized carbons (Fsp3) is 0.238. The molecule has 0 radical (unpaired) electrons. The number of esters is 1. The minimum absolute atomic E-state index is 0.0371. The van der Waals surface area contributed by atoms with E-state index in [1.807, 2.05) is 5.48 Å². The second-order valence-corrected chi connectivity index (χ2v) is 7.53. The Balaban J connectivity index is 1.94. The van der Waals surface area contributed by atoms with Crippen LogP contribution < -0.4 is 5.48 Å². The summed E-state index contributed by atoms with van der Waals surface area (Å²) in [4.78, 5) is 20.6. The van der Waals surface area contributed by atoms with Crippen LogP contribution in [0.25, 0.3) is 11.3 Å². The minimum atomic E-state index is -5.51. The van der Waals surface area contributed by atoms with E-state index in [0.29, 0.717) is 6.08 Å². The number of carbonyl (C=O) groups is 1. The molecule has 15 heteroatoms. The van der Waals surface area contributed by atoms with Gasteiger partial charge in [0.05, 0.1) is 29.6 Å². The summed E-state index contributed by atoms with van der Waals surface area (Å²) in [5.74, 6) is -0.810. The molecule has 3 aromatic rings. The normalized spacial score (nSPS) is 18.8. The molecule has 0 fully saturated rings. The summed E-state index contributed by atoms with van der Waals surface area (Å²) >= 11 is 0. The van der Waals surface area contributed by atoms with Crippen molar-refractivity contribution < 1.29 is 53.9 Å². The smallest absolute Gasteiger partial charge is 0.428 e. The average Bonchev–Trinajstić information content (AvgIpc) is 3.44. The molecule has 2 aromatic heterocycles. The number of benzene rings is 1. The Morgan fingerprint density at radius 1 is 1.00 bits per heavy atom. The molecule has 192 valence electrons. The van der Waals surface area contributed by atoms with Crippen LogP contribution in [0.5, 0.6) is 0 Å². The highest BCUT2D eigenvalue weighted by Crippen LogP contribution is 2.49. The van der Waals surface area contributed by atoms with E-state index >= 15 is 0 Å². The van der Waals surface area contributed by atoms with Crippen molar-refractivity contribution in [2.45, 2.75) is 24.1 Å². The number of alkyl halides is 9. The molecule has 36 heavy (non-hydrogen) atoms. The lowest BCUT2D eigenvalue weighted by Crippen LogP contribution is -2.43. The first-order valence-electron chi connectivity index (χ1n) is 9.67. The molecule has 0 aliphatic carbocycles. The van der Waals surface area contributed by atoms with Gasteiger partial charge in [-0.05, 0) is 36.4 Å². The molecule has 0 saturated heterocycles. The van der Waals surface area contributed by atoms with Gasteiger partial charge < -0.3 is 4.74 Å². The van der Waals surface area contributed by atoms with E-state index in [-0.39, 0.29) is 35.1 Å². The number of rotatable bonds is 3. The van der Waals surface area contributed by atoms with Crippen LogP contribution >= 0.6 is 0 Å². The van der Waals surface area contributed by atoms with Crippen molar-refractivity contribution in [1.82, 2.24) is 14.9 Å². The van der Waals surface area contributed by atoms with Crippen molar-refractivity contribution in [3.8, 4) is 0 Å². The number of hydrogen-bond donors (Lipinski definition) is 1. The number of hydroxylamine groups is 1. The zero-order valence-electron chi connectivity index (χ0n) is 17.6. The Labute approximate surface area is 194 Å². The summed E-state index contributed by atoms with van der Waals surface area (Å²) in [6, 6.07) is 1.93. The molecule has 6 nitrogen and oxygen atoms in total. The largest absolute Gasteiger partial charge is 0.465 e. The van der Waals surface area contributed by atoms with Crippen LogP contribution in [0.4, 0.5) is 39.5 Å². The van der Waals surface area contributed by atoms with Crippen LogP contribution in [0.3, 0.4) is 0 Å². The molecule has 0 saturated carbocycles. The van der Waals surface area contributed by atoms with Crippen LogP contribution in [0, 0.1) is 0 Å². The van der Waals surface area contributed by atoms with E-state index in [4.69, 9.17) is 4.84 Å². The number of halogens is 9. The molecular formula is C21H12F9N3O3. The van der Waals surface area contributed by atoms with E-state index in [9.17, 15) is 44.3 Å². The van der Waals surface area contributed by atoms with Crippen LogP contribution in [-0.4, -0.2) is 28.6 Å². The second kappa shape index (κ2) is 8.15. The molecule has 4 rings (SSSR count). The molecule has 1 aromatic carbocycles. The second-order valence-electron chi connectivity index (χ2n) is 7.53. The maximum absolute atomic E-state index is 14.3. The van der Waals surface area contributed by atoms with Crippen molar-refractivity contribution in [2.75, 3.05) is 7.11 Å². The standard InChI is InChI=1S/C21H12F9N3O3/c1-35-17(34)13-2-3-15(33-5-4-31-16(13)33)14-9-18(36-32-14,21(28,29)30)10-6-11(19(22,23)24)8-12(7-10)20(25,26)27/h2-9,32H,1H3. The summed E-state index contributed by atoms with van der Waals surface area (Å²) in [5, 5.41) is 0. The Hall–Kier alpha value is -3.75. The first-order chi connectivity index (χ1) is 16.6. The fourth-order valence-corrected chi connectivity index (χ4v) is 3.64. The van der Waals surface area contributed by atoms with Gasteiger partial charge in [-0.2, -0.15) is 39.5 Å². The molecule has 3 heterocycles. The molecule has 0 bridgehead atoms. The maximum Gasteiger partial charge on any atom is 0.428 e. The van der Waals surface area contributed by atoms with Crippen molar-refractivity contribution in [3.05, 3.63) is 76.7 Å². The number of methoxy groups -OCH3 is 1. The molecule has 1 aliphatic rings. The van der Waals surface area contributed by atoms with Crippen LogP contribution in [-0.2, 0) is 27.5 Å². The van der Waals surface area contributed by atoms with Crippen molar-refractivity contribution in [2.24, 2.45) is 0 Å². The van der Waals surface area contributed by atoms with Crippen LogP contribution in [0.15, 0.2) is 48.8 Å². The van der Waals surface area contributed by atoms with Crippen LogP contribution in [0.1, 0.15) is 32.7 Å². The van der Waals surface area contributed by atoms with Gasteiger partial charge in [-0.1, -0.05) is 0 Å². The monoisotopic (exact) mass is 525 g/mol. The van der Waals surface area contributed by atoms with E-state index in [2.05, 4.69) is 9.72 Å². The van der Waals surface area contributed by atoms with E-state index in [0.717, 1.165) is 11.5 Å². The maximum atomic E-state index is 14.3. The van der Waals surface area contributed by atoms with Crippen LogP contribution in [0.2, 0.25) is 0 Å². The summed E-state index contributed by atoms with van der Waals surface area (Å²) in [6.07, 6.45) is -13.5. The number of pyridine rings is 1. The van der Waals surface area contributed by atoms with Gasteiger partial charge in [-0.15, -0.1) is 0 Å². The summed E-state index contributed by atoms with van der Waals surface area (Å²) < 4.78 is 128. The molecular weight excluding hydrogens is 513 g/mol. The molecule has 1 aliphatic heterocycles. The molecule has 1 N–H and O–H groups in total. The first kappa shape index (κ1) is 25.3. The molecule has 0 amide bonds. The number of nitrogens with one attached hydrogen (secondary N) is 1. The fourth-order valence-electron chi connectivity index (χ4n) is 3.64. The number of aromatic nitrogens is 2. The first-order valence-corrected chi connectivity index (χ1v) is 9.67.